The van der Waals surface area contributed by atoms with Gasteiger partial charge in [0, 0.05) is 11.5 Å². The summed E-state index contributed by atoms with van der Waals surface area (Å²) in [5.74, 6) is 0. The maximum absolute atomic E-state index is 10.1. The fourth-order valence-corrected chi connectivity index (χ4v) is 2.00. The maximum atomic E-state index is 10.1. The molecular formula is C12H26N4O. The molecule has 0 bridgehead atoms. The Kier molecular flexibility index (Phi) is 9.92. The SMILES string of the molecule is CCC[C@@H](N=[N+]=[N-])[C@@H](O)CN(CCC)CCC. The van der Waals surface area contributed by atoms with Crippen molar-refractivity contribution in [2.45, 2.75) is 58.6 Å². The first-order valence-corrected chi connectivity index (χ1v) is 6.64. The van der Waals surface area contributed by atoms with Gasteiger partial charge in [0.15, 0.2) is 0 Å². The minimum Gasteiger partial charge on any atom is -0.391 e. The van der Waals surface area contributed by atoms with Gasteiger partial charge in [0.1, 0.15) is 0 Å². The third kappa shape index (κ3) is 7.21. The van der Waals surface area contributed by atoms with Gasteiger partial charge in [-0.05, 0) is 37.9 Å². The molecule has 0 heterocycles. The minimum absolute atomic E-state index is 0.291. The zero-order valence-electron chi connectivity index (χ0n) is 11.3. The molecule has 0 saturated carbocycles. The number of aliphatic hydroxyl groups excluding tert-OH is 1. The van der Waals surface area contributed by atoms with Crippen molar-refractivity contribution in [2.75, 3.05) is 19.6 Å². The molecule has 1 N–H and O–H groups in total. The standard InChI is InChI=1S/C12H26N4O/c1-4-7-11(14-15-13)12(17)10-16(8-5-2)9-6-3/h11-12,17H,4-10H2,1-3H3/t11-,12+/m1/s1. The average molecular weight is 242 g/mol. The molecule has 17 heavy (non-hydrogen) atoms. The Bertz CT molecular complexity index is 223. The first kappa shape index (κ1) is 16.2. The Hall–Kier alpha value is -0.770. The van der Waals surface area contributed by atoms with Gasteiger partial charge in [0.05, 0.1) is 12.1 Å². The molecule has 0 amide bonds. The van der Waals surface area contributed by atoms with Gasteiger partial charge in [-0.15, -0.1) is 0 Å². The van der Waals surface area contributed by atoms with Crippen LogP contribution in [-0.2, 0) is 0 Å². The van der Waals surface area contributed by atoms with Crippen molar-refractivity contribution in [3.8, 4) is 0 Å². The quantitative estimate of drug-likeness (QED) is 0.363. The summed E-state index contributed by atoms with van der Waals surface area (Å²) in [7, 11) is 0. The molecule has 0 aromatic heterocycles. The van der Waals surface area contributed by atoms with Crippen molar-refractivity contribution in [1.82, 2.24) is 4.90 Å². The fourth-order valence-electron chi connectivity index (χ4n) is 2.00. The summed E-state index contributed by atoms with van der Waals surface area (Å²) in [4.78, 5) is 5.06. The van der Waals surface area contributed by atoms with Crippen molar-refractivity contribution < 1.29 is 5.11 Å². The third-order valence-electron chi connectivity index (χ3n) is 2.75. The van der Waals surface area contributed by atoms with E-state index in [2.05, 4.69) is 28.8 Å². The fraction of sp³-hybridized carbons (Fsp3) is 1.00. The van der Waals surface area contributed by atoms with Gasteiger partial charge >= 0.3 is 0 Å². The summed E-state index contributed by atoms with van der Waals surface area (Å²) in [5, 5.41) is 13.8. The summed E-state index contributed by atoms with van der Waals surface area (Å²) in [5.41, 5.74) is 8.49. The van der Waals surface area contributed by atoms with Gasteiger partial charge in [-0.2, -0.15) is 0 Å². The summed E-state index contributed by atoms with van der Waals surface area (Å²) in [6, 6.07) is -0.291. The van der Waals surface area contributed by atoms with Crippen molar-refractivity contribution in [3.63, 3.8) is 0 Å². The summed E-state index contributed by atoms with van der Waals surface area (Å²) < 4.78 is 0. The van der Waals surface area contributed by atoms with Crippen LogP contribution < -0.4 is 0 Å². The second kappa shape index (κ2) is 10.4. The lowest BCUT2D eigenvalue weighted by Gasteiger charge is -2.26. The van der Waals surface area contributed by atoms with Crippen molar-refractivity contribution in [3.05, 3.63) is 10.4 Å². The zero-order chi connectivity index (χ0) is 13.1. The van der Waals surface area contributed by atoms with Crippen molar-refractivity contribution >= 4 is 0 Å². The highest BCUT2D eigenvalue weighted by Gasteiger charge is 2.19. The number of rotatable bonds is 10. The number of hydrogen-bond donors (Lipinski definition) is 1. The molecule has 0 fully saturated rings. The highest BCUT2D eigenvalue weighted by atomic mass is 16.3. The zero-order valence-corrected chi connectivity index (χ0v) is 11.3. The van der Waals surface area contributed by atoms with Gasteiger partial charge < -0.3 is 10.0 Å². The van der Waals surface area contributed by atoms with Crippen LogP contribution in [-0.4, -0.2) is 41.8 Å². The normalized spacial score (nSPS) is 14.4. The van der Waals surface area contributed by atoms with E-state index in [0.717, 1.165) is 38.8 Å². The van der Waals surface area contributed by atoms with Gasteiger partial charge in [-0.3, -0.25) is 0 Å². The van der Waals surface area contributed by atoms with E-state index in [0.29, 0.717) is 6.54 Å². The predicted molar refractivity (Wildman–Crippen MR) is 70.9 cm³/mol. The molecule has 0 radical (unpaired) electrons. The molecule has 0 aliphatic carbocycles. The van der Waals surface area contributed by atoms with Crippen LogP contribution >= 0.6 is 0 Å². The lowest BCUT2D eigenvalue weighted by molar-refractivity contribution is 0.0881. The van der Waals surface area contributed by atoms with Crippen LogP contribution in [0.25, 0.3) is 10.4 Å². The Morgan fingerprint density at radius 3 is 2.18 bits per heavy atom. The Morgan fingerprint density at radius 1 is 1.18 bits per heavy atom. The van der Waals surface area contributed by atoms with E-state index in [9.17, 15) is 5.11 Å². The molecule has 0 unspecified atom stereocenters. The van der Waals surface area contributed by atoms with Gasteiger partial charge in [0.25, 0.3) is 0 Å². The lowest BCUT2D eigenvalue weighted by atomic mass is 10.1. The predicted octanol–water partition coefficient (Wildman–Crippen LogP) is 2.95. The average Bonchev–Trinajstić information content (AvgIpc) is 2.29. The first-order chi connectivity index (χ1) is 8.19. The molecule has 0 aromatic rings. The second-order valence-corrected chi connectivity index (χ2v) is 4.43. The van der Waals surface area contributed by atoms with Crippen LogP contribution in [0.4, 0.5) is 0 Å². The number of nitrogens with zero attached hydrogens (tertiary/aromatic N) is 4. The molecule has 0 saturated heterocycles. The van der Waals surface area contributed by atoms with E-state index in [4.69, 9.17) is 5.53 Å². The highest BCUT2D eigenvalue weighted by molar-refractivity contribution is 4.78. The monoisotopic (exact) mass is 242 g/mol. The van der Waals surface area contributed by atoms with Crippen LogP contribution in [0.1, 0.15) is 46.5 Å². The summed E-state index contributed by atoms with van der Waals surface area (Å²) >= 11 is 0. The molecule has 100 valence electrons. The number of azide groups is 1. The Balaban J connectivity index is 4.31. The molecule has 2 atom stereocenters. The number of hydrogen-bond acceptors (Lipinski definition) is 3. The van der Waals surface area contributed by atoms with Crippen molar-refractivity contribution in [1.29, 1.82) is 0 Å². The van der Waals surface area contributed by atoms with E-state index in [-0.39, 0.29) is 6.04 Å². The van der Waals surface area contributed by atoms with Crippen LogP contribution in [0.3, 0.4) is 0 Å². The third-order valence-corrected chi connectivity index (χ3v) is 2.75. The molecule has 0 spiro atoms. The smallest absolute Gasteiger partial charge is 0.0751 e. The van der Waals surface area contributed by atoms with Crippen LogP contribution in [0.2, 0.25) is 0 Å². The molecule has 0 aliphatic heterocycles. The molecule has 0 aliphatic rings. The largest absolute Gasteiger partial charge is 0.391 e. The van der Waals surface area contributed by atoms with Crippen molar-refractivity contribution in [2.24, 2.45) is 5.11 Å². The van der Waals surface area contributed by atoms with E-state index in [1.165, 1.54) is 0 Å². The molecule has 5 heteroatoms. The molecular weight excluding hydrogens is 216 g/mol. The van der Waals surface area contributed by atoms with Crippen LogP contribution in [0.15, 0.2) is 5.11 Å². The van der Waals surface area contributed by atoms with E-state index in [1.807, 2.05) is 6.92 Å². The Labute approximate surface area is 104 Å². The minimum atomic E-state index is -0.552. The molecule has 0 aromatic carbocycles. The van der Waals surface area contributed by atoms with Gasteiger partial charge in [-0.25, -0.2) is 0 Å². The first-order valence-electron chi connectivity index (χ1n) is 6.64. The highest BCUT2D eigenvalue weighted by Crippen LogP contribution is 2.10. The lowest BCUT2D eigenvalue weighted by Crippen LogP contribution is -2.39. The van der Waals surface area contributed by atoms with E-state index in [1.54, 1.807) is 0 Å². The second-order valence-electron chi connectivity index (χ2n) is 4.43. The van der Waals surface area contributed by atoms with Gasteiger partial charge in [0.2, 0.25) is 0 Å². The molecule has 0 rings (SSSR count). The summed E-state index contributed by atoms with van der Waals surface area (Å²) in [6.07, 6.45) is 3.27. The topological polar surface area (TPSA) is 72.2 Å². The Morgan fingerprint density at radius 2 is 1.76 bits per heavy atom. The number of aliphatic hydroxyl groups is 1. The maximum Gasteiger partial charge on any atom is 0.0751 e. The van der Waals surface area contributed by atoms with E-state index >= 15 is 0 Å². The van der Waals surface area contributed by atoms with E-state index < -0.39 is 6.10 Å². The van der Waals surface area contributed by atoms with Crippen LogP contribution in [0.5, 0.6) is 0 Å². The van der Waals surface area contributed by atoms with Gasteiger partial charge in [-0.1, -0.05) is 32.3 Å². The van der Waals surface area contributed by atoms with Crippen LogP contribution in [0, 0.1) is 0 Å². The molecule has 5 nitrogen and oxygen atoms in total. The summed E-state index contributed by atoms with van der Waals surface area (Å²) in [6.45, 7) is 8.87.